The smallest absolute Gasteiger partial charge is 0.371 e. The van der Waals surface area contributed by atoms with Crippen LogP contribution >= 0.6 is 0 Å². The summed E-state index contributed by atoms with van der Waals surface area (Å²) in [6.07, 6.45) is 0. The molecule has 0 aromatic rings. The number of carbonyl (C=O) groups excluding carboxylic acids is 2. The van der Waals surface area contributed by atoms with Crippen molar-refractivity contribution in [2.24, 2.45) is 0 Å². The molecule has 0 aromatic heterocycles. The van der Waals surface area contributed by atoms with Crippen molar-refractivity contribution in [3.8, 4) is 11.8 Å². The summed E-state index contributed by atoms with van der Waals surface area (Å²) >= 11 is 0. The summed E-state index contributed by atoms with van der Waals surface area (Å²) in [6, 6.07) is 1.64. The van der Waals surface area contributed by atoms with E-state index in [2.05, 4.69) is 11.8 Å². The number of carbonyl (C=O) groups is 2. The third-order valence-electron chi connectivity index (χ3n) is 2.71. The Hall–Kier alpha value is -1.07. The van der Waals surface area contributed by atoms with Crippen LogP contribution in [-0.2, 0) is 18.4 Å². The van der Waals surface area contributed by atoms with Crippen molar-refractivity contribution in [3.63, 3.8) is 0 Å². The van der Waals surface area contributed by atoms with E-state index in [0.29, 0.717) is 0 Å². The molecule has 0 amide bonds. The maximum Gasteiger partial charge on any atom is 0.371 e. The lowest BCUT2D eigenvalue weighted by Gasteiger charge is -2.19. The molecule has 0 saturated heterocycles. The van der Waals surface area contributed by atoms with Crippen LogP contribution in [0, 0.1) is 11.8 Å². The largest absolute Gasteiger partial charge is 0.510 e. The fourth-order valence-corrected chi connectivity index (χ4v) is 2.19. The molecular formula is C12H22O4Si2. The van der Waals surface area contributed by atoms with Crippen LogP contribution in [0.1, 0.15) is 13.8 Å². The van der Waals surface area contributed by atoms with E-state index in [4.69, 9.17) is 8.85 Å². The number of rotatable bonds is 4. The predicted octanol–water partition coefficient (Wildman–Crippen LogP) is 2.53. The second-order valence-electron chi connectivity index (χ2n) is 5.26. The Balaban J connectivity index is 4.42. The maximum absolute atomic E-state index is 11.4. The van der Waals surface area contributed by atoms with Gasteiger partial charge in [-0.25, -0.2) is 9.59 Å². The fraction of sp³-hybridized carbons (Fsp3) is 0.667. The van der Waals surface area contributed by atoms with Gasteiger partial charge in [-0.3, -0.25) is 0 Å². The van der Waals surface area contributed by atoms with Crippen molar-refractivity contribution >= 4 is 28.6 Å². The summed E-state index contributed by atoms with van der Waals surface area (Å²) in [5.41, 5.74) is 0. The minimum absolute atomic E-state index is 0.638. The lowest BCUT2D eigenvalue weighted by atomic mass is 10.6. The summed E-state index contributed by atoms with van der Waals surface area (Å²) in [5, 5.41) is 0. The lowest BCUT2D eigenvalue weighted by molar-refractivity contribution is -0.130. The summed E-state index contributed by atoms with van der Waals surface area (Å²) in [6.45, 7) is 11.7. The zero-order chi connectivity index (χ0) is 14.4. The second-order valence-corrected chi connectivity index (χ2v) is 14.1. The Labute approximate surface area is 111 Å². The third-order valence-corrected chi connectivity index (χ3v) is 7.59. The molecule has 18 heavy (non-hydrogen) atoms. The average molecular weight is 286 g/mol. The molecule has 0 rings (SSSR count). The molecule has 0 spiro atoms. The molecule has 0 heterocycles. The molecule has 6 heteroatoms. The van der Waals surface area contributed by atoms with E-state index in [0.717, 1.165) is 12.1 Å². The van der Waals surface area contributed by atoms with Gasteiger partial charge >= 0.3 is 11.9 Å². The molecular weight excluding hydrogens is 264 g/mol. The molecule has 102 valence electrons. The van der Waals surface area contributed by atoms with Gasteiger partial charge in [0.1, 0.15) is 0 Å². The van der Waals surface area contributed by atoms with E-state index in [9.17, 15) is 9.59 Å². The van der Waals surface area contributed by atoms with Crippen molar-refractivity contribution in [3.05, 3.63) is 0 Å². The normalized spacial score (nSPS) is 11.2. The average Bonchev–Trinajstić information content (AvgIpc) is 2.25. The van der Waals surface area contributed by atoms with Crippen molar-refractivity contribution in [2.45, 2.75) is 52.1 Å². The van der Waals surface area contributed by atoms with E-state index in [1.807, 2.05) is 40.0 Å². The molecule has 0 fully saturated rings. The van der Waals surface area contributed by atoms with Gasteiger partial charge in [0.2, 0.25) is 16.6 Å². The van der Waals surface area contributed by atoms with E-state index >= 15 is 0 Å². The first kappa shape index (κ1) is 16.9. The van der Waals surface area contributed by atoms with Gasteiger partial charge in [-0.1, -0.05) is 13.8 Å². The highest BCUT2D eigenvalue weighted by Gasteiger charge is 2.25. The number of hydrogen-bond acceptors (Lipinski definition) is 4. The summed E-state index contributed by atoms with van der Waals surface area (Å²) < 4.78 is 10.4. The molecule has 4 nitrogen and oxygen atoms in total. The van der Waals surface area contributed by atoms with Crippen LogP contribution in [0.3, 0.4) is 0 Å². The van der Waals surface area contributed by atoms with Gasteiger partial charge in [-0.05, 0) is 38.3 Å². The SMILES string of the molecule is CC[Si](C)(C)OC(=O)C#CC(=O)O[Si](C)(C)CC. The van der Waals surface area contributed by atoms with Gasteiger partial charge in [0.05, 0.1) is 0 Å². The molecule has 0 saturated carbocycles. The molecule has 0 aromatic carbocycles. The molecule has 0 radical (unpaired) electrons. The quantitative estimate of drug-likeness (QED) is 0.588. The Morgan fingerprint density at radius 3 is 1.33 bits per heavy atom. The van der Waals surface area contributed by atoms with Crippen LogP contribution in [0.2, 0.25) is 38.3 Å². The van der Waals surface area contributed by atoms with E-state index < -0.39 is 28.6 Å². The third kappa shape index (κ3) is 7.30. The van der Waals surface area contributed by atoms with Crippen molar-refractivity contribution in [2.75, 3.05) is 0 Å². The molecule has 0 unspecified atom stereocenters. The molecule has 0 aliphatic carbocycles. The van der Waals surface area contributed by atoms with E-state index in [1.165, 1.54) is 0 Å². The highest BCUT2D eigenvalue weighted by Crippen LogP contribution is 2.10. The number of hydrogen-bond donors (Lipinski definition) is 0. The Bertz CT molecular complexity index is 343. The minimum atomic E-state index is -1.96. The van der Waals surface area contributed by atoms with E-state index in [1.54, 1.807) is 0 Å². The zero-order valence-corrected chi connectivity index (χ0v) is 14.0. The highest BCUT2D eigenvalue weighted by atomic mass is 28.4. The summed E-state index contributed by atoms with van der Waals surface area (Å²) in [5.74, 6) is 3.11. The first-order valence-corrected chi connectivity index (χ1v) is 12.3. The summed E-state index contributed by atoms with van der Waals surface area (Å²) in [7, 11) is -3.92. The van der Waals surface area contributed by atoms with Crippen LogP contribution in [0.4, 0.5) is 0 Å². The van der Waals surface area contributed by atoms with Crippen LogP contribution in [0.25, 0.3) is 0 Å². The Morgan fingerprint density at radius 2 is 1.11 bits per heavy atom. The lowest BCUT2D eigenvalue weighted by Crippen LogP contribution is -2.32. The first-order valence-electron chi connectivity index (χ1n) is 6.10. The monoisotopic (exact) mass is 286 g/mol. The fourth-order valence-electron chi connectivity index (χ4n) is 0.799. The molecule has 0 bridgehead atoms. The van der Waals surface area contributed by atoms with Gasteiger partial charge in [-0.15, -0.1) is 0 Å². The molecule has 0 aliphatic heterocycles. The van der Waals surface area contributed by atoms with Gasteiger partial charge in [0.15, 0.2) is 0 Å². The standard InChI is InChI=1S/C12H22O4Si2/c1-7-17(3,4)15-11(13)9-10-12(14)16-18(5,6)8-2/h7-8H2,1-6H3. The van der Waals surface area contributed by atoms with Gasteiger partial charge in [0, 0.05) is 11.8 Å². The summed E-state index contributed by atoms with van der Waals surface area (Å²) in [4.78, 5) is 22.8. The highest BCUT2D eigenvalue weighted by molar-refractivity contribution is 6.73. The zero-order valence-electron chi connectivity index (χ0n) is 12.0. The van der Waals surface area contributed by atoms with Crippen LogP contribution in [0.5, 0.6) is 0 Å². The first-order chi connectivity index (χ1) is 8.12. The predicted molar refractivity (Wildman–Crippen MR) is 75.9 cm³/mol. The maximum atomic E-state index is 11.4. The van der Waals surface area contributed by atoms with E-state index in [-0.39, 0.29) is 0 Å². The van der Waals surface area contributed by atoms with Crippen LogP contribution in [0.15, 0.2) is 0 Å². The minimum Gasteiger partial charge on any atom is -0.510 e. The van der Waals surface area contributed by atoms with Crippen molar-refractivity contribution in [1.29, 1.82) is 0 Å². The Kier molecular flexibility index (Phi) is 6.36. The van der Waals surface area contributed by atoms with Gasteiger partial charge in [0.25, 0.3) is 0 Å². The Morgan fingerprint density at radius 1 is 0.833 bits per heavy atom. The topological polar surface area (TPSA) is 52.6 Å². The molecule has 0 N–H and O–H groups in total. The van der Waals surface area contributed by atoms with Crippen LogP contribution < -0.4 is 0 Å². The van der Waals surface area contributed by atoms with Crippen molar-refractivity contribution in [1.82, 2.24) is 0 Å². The molecule has 0 aliphatic rings. The van der Waals surface area contributed by atoms with Gasteiger partial charge in [-0.2, -0.15) is 0 Å². The van der Waals surface area contributed by atoms with Gasteiger partial charge < -0.3 is 8.85 Å². The molecule has 0 atom stereocenters. The van der Waals surface area contributed by atoms with Crippen LogP contribution in [-0.4, -0.2) is 28.6 Å². The second kappa shape index (κ2) is 6.76. The van der Waals surface area contributed by atoms with Crippen molar-refractivity contribution < 1.29 is 18.4 Å².